The fourth-order valence-electron chi connectivity index (χ4n) is 13.4. The molecule has 0 atom stereocenters. The summed E-state index contributed by atoms with van der Waals surface area (Å²) in [5, 5.41) is 4.32. The van der Waals surface area contributed by atoms with Gasteiger partial charge in [-0.25, -0.2) is 0 Å². The number of furan rings is 1. The molecule has 0 radical (unpaired) electrons. The molecule has 0 fully saturated rings. The summed E-state index contributed by atoms with van der Waals surface area (Å²) in [6, 6.07) is 103. The van der Waals surface area contributed by atoms with Gasteiger partial charge in [0, 0.05) is 38.8 Å². The molecule has 0 bridgehead atoms. The fourth-order valence-corrected chi connectivity index (χ4v) is 13.4. The van der Waals surface area contributed by atoms with Crippen LogP contribution in [0.4, 0.5) is 34.1 Å². The Morgan fingerprint density at radius 2 is 0.844 bits per heavy atom. The minimum atomic E-state index is -0.602. The van der Waals surface area contributed by atoms with Crippen LogP contribution in [0.3, 0.4) is 0 Å². The second-order valence-electron chi connectivity index (χ2n) is 21.1. The molecule has 12 aromatic carbocycles. The molecule has 0 saturated carbocycles. The van der Waals surface area contributed by atoms with Gasteiger partial charge in [-0.3, -0.25) is 0 Å². The lowest BCUT2D eigenvalue weighted by atomic mass is 9.67. The molecule has 13 aromatic rings. The van der Waals surface area contributed by atoms with Crippen molar-refractivity contribution in [1.29, 1.82) is 0 Å². The van der Waals surface area contributed by atoms with Crippen LogP contribution in [-0.2, 0) is 10.8 Å². The molecule has 0 spiro atoms. The minimum Gasteiger partial charge on any atom is -0.455 e. The lowest BCUT2D eigenvalue weighted by Crippen LogP contribution is -2.28. The van der Waals surface area contributed by atoms with Gasteiger partial charge in [-0.2, -0.15) is 0 Å². The maximum atomic E-state index is 6.97. The van der Waals surface area contributed by atoms with Crippen LogP contribution in [0.25, 0.3) is 66.1 Å². The van der Waals surface area contributed by atoms with Crippen LogP contribution < -0.4 is 9.80 Å². The van der Waals surface area contributed by atoms with Crippen LogP contribution in [0.1, 0.15) is 47.2 Å². The zero-order chi connectivity index (χ0) is 51.2. The summed E-state index contributed by atoms with van der Waals surface area (Å²) in [6.45, 7) is 4.77. The van der Waals surface area contributed by atoms with Crippen molar-refractivity contribution < 1.29 is 4.42 Å². The number of rotatable bonds is 9. The van der Waals surface area contributed by atoms with E-state index in [4.69, 9.17) is 4.42 Å². The predicted molar refractivity (Wildman–Crippen MR) is 321 cm³/mol. The highest BCUT2D eigenvalue weighted by Crippen LogP contribution is 2.58. The number of anilines is 6. The lowest BCUT2D eigenvalue weighted by Gasteiger charge is -2.36. The van der Waals surface area contributed by atoms with E-state index in [1.807, 2.05) is 0 Å². The second kappa shape index (κ2) is 17.4. The van der Waals surface area contributed by atoms with Crippen molar-refractivity contribution in [2.75, 3.05) is 9.80 Å². The summed E-state index contributed by atoms with van der Waals surface area (Å²) in [5.41, 5.74) is 22.2. The van der Waals surface area contributed by atoms with E-state index >= 15 is 0 Å². The van der Waals surface area contributed by atoms with Crippen molar-refractivity contribution in [3.05, 3.63) is 312 Å². The largest absolute Gasteiger partial charge is 0.455 e. The molecular weight excluding hydrogens is 933 g/mol. The highest BCUT2D eigenvalue weighted by atomic mass is 16.3. The van der Waals surface area contributed by atoms with Crippen molar-refractivity contribution in [3.8, 4) is 33.4 Å². The Morgan fingerprint density at radius 1 is 0.338 bits per heavy atom. The molecule has 2 aliphatic carbocycles. The van der Waals surface area contributed by atoms with Gasteiger partial charge < -0.3 is 14.2 Å². The van der Waals surface area contributed by atoms with Crippen molar-refractivity contribution in [3.63, 3.8) is 0 Å². The highest BCUT2D eigenvalue weighted by Gasteiger charge is 2.46. The van der Waals surface area contributed by atoms with Gasteiger partial charge in [0.15, 0.2) is 0 Å². The van der Waals surface area contributed by atoms with E-state index in [-0.39, 0.29) is 5.41 Å². The first-order valence-corrected chi connectivity index (χ1v) is 26.7. The molecule has 77 heavy (non-hydrogen) atoms. The van der Waals surface area contributed by atoms with Gasteiger partial charge >= 0.3 is 0 Å². The fraction of sp³-hybridized carbons (Fsp3) is 0.0541. The van der Waals surface area contributed by atoms with Gasteiger partial charge in [-0.15, -0.1) is 0 Å². The highest BCUT2D eigenvalue weighted by molar-refractivity contribution is 6.22. The first kappa shape index (κ1) is 44.8. The molecule has 1 aromatic heterocycles. The van der Waals surface area contributed by atoms with Crippen LogP contribution in [-0.4, -0.2) is 0 Å². The van der Waals surface area contributed by atoms with E-state index in [0.717, 1.165) is 78.0 Å². The zero-order valence-corrected chi connectivity index (χ0v) is 42.9. The van der Waals surface area contributed by atoms with Crippen molar-refractivity contribution in [1.82, 2.24) is 0 Å². The lowest BCUT2D eigenvalue weighted by molar-refractivity contribution is 0.661. The van der Waals surface area contributed by atoms with Crippen LogP contribution in [0.2, 0.25) is 0 Å². The smallest absolute Gasteiger partial charge is 0.145 e. The van der Waals surface area contributed by atoms with Crippen molar-refractivity contribution in [2.45, 2.75) is 24.7 Å². The third-order valence-electron chi connectivity index (χ3n) is 16.7. The van der Waals surface area contributed by atoms with Gasteiger partial charge in [0.2, 0.25) is 0 Å². The Labute approximate surface area is 449 Å². The first-order valence-electron chi connectivity index (χ1n) is 26.7. The normalized spacial score (nSPS) is 13.5. The summed E-state index contributed by atoms with van der Waals surface area (Å²) in [4.78, 5) is 5.01. The van der Waals surface area contributed by atoms with Crippen LogP contribution in [0, 0.1) is 0 Å². The Balaban J connectivity index is 1.02. The third kappa shape index (κ3) is 6.70. The van der Waals surface area contributed by atoms with E-state index < -0.39 is 5.41 Å². The monoisotopic (exact) mass is 984 g/mol. The van der Waals surface area contributed by atoms with E-state index in [0.29, 0.717) is 0 Å². The van der Waals surface area contributed by atoms with Gasteiger partial charge in [0.05, 0.1) is 27.9 Å². The Bertz CT molecular complexity index is 4410. The molecule has 3 nitrogen and oxygen atoms in total. The zero-order valence-electron chi connectivity index (χ0n) is 42.9. The average molecular weight is 985 g/mol. The van der Waals surface area contributed by atoms with Gasteiger partial charge in [-0.1, -0.05) is 238 Å². The standard InChI is InChI=1S/C74H52N2O/c1-73(2)63-40-16-11-37-60(63)61-39-23-44-67(71(61)73)76(66-43-19-14-33-56(66)49-24-5-3-6-25-49)55-32-22-31-54(48-55)75(68-46-50-26-9-10-34-57(50)72-70(68)62-38-15-20-45-69(62)77-72)53-30-21-29-52(47-53)74(51-27-7-4-8-28-51)64-41-17-12-35-58(64)59-36-13-18-42-65(59)74/h3-48H,1-2H3. The van der Waals surface area contributed by atoms with Crippen molar-refractivity contribution in [2.24, 2.45) is 0 Å². The molecule has 0 unspecified atom stereocenters. The molecule has 0 aliphatic heterocycles. The maximum absolute atomic E-state index is 6.97. The molecule has 15 rings (SSSR count). The minimum absolute atomic E-state index is 0.280. The number of benzene rings is 12. The molecule has 1 heterocycles. The summed E-state index contributed by atoms with van der Waals surface area (Å²) >= 11 is 0. The van der Waals surface area contributed by atoms with E-state index in [1.54, 1.807) is 0 Å². The molecule has 0 amide bonds. The third-order valence-corrected chi connectivity index (χ3v) is 16.7. The van der Waals surface area contributed by atoms with Crippen LogP contribution in [0.15, 0.2) is 283 Å². The number of nitrogens with zero attached hydrogens (tertiary/aromatic N) is 2. The number of para-hydroxylation sites is 2. The van der Waals surface area contributed by atoms with Crippen LogP contribution >= 0.6 is 0 Å². The molecule has 0 N–H and O–H groups in total. The Kier molecular flexibility index (Phi) is 10.1. The van der Waals surface area contributed by atoms with E-state index in [2.05, 4.69) is 303 Å². The predicted octanol–water partition coefficient (Wildman–Crippen LogP) is 20.0. The molecule has 0 saturated heterocycles. The summed E-state index contributed by atoms with van der Waals surface area (Å²) in [5.74, 6) is 0. The first-order chi connectivity index (χ1) is 38.0. The van der Waals surface area contributed by atoms with Gasteiger partial charge in [0.1, 0.15) is 11.2 Å². The number of fused-ring (bicyclic) bond motifs is 11. The average Bonchev–Trinajstić information content (AvgIpc) is 4.29. The van der Waals surface area contributed by atoms with E-state index in [1.165, 1.54) is 55.6 Å². The van der Waals surface area contributed by atoms with Gasteiger partial charge in [0.25, 0.3) is 0 Å². The summed E-state index contributed by atoms with van der Waals surface area (Å²) in [6.07, 6.45) is 0. The molecule has 3 heteroatoms. The van der Waals surface area contributed by atoms with Gasteiger partial charge in [-0.05, 0) is 121 Å². The Hall–Kier alpha value is -9.70. The quantitative estimate of drug-likeness (QED) is 0.144. The maximum Gasteiger partial charge on any atom is 0.145 e. The van der Waals surface area contributed by atoms with Crippen LogP contribution in [0.5, 0.6) is 0 Å². The summed E-state index contributed by atoms with van der Waals surface area (Å²) < 4.78 is 6.97. The second-order valence-corrected chi connectivity index (χ2v) is 21.1. The SMILES string of the molecule is CC1(C)c2ccccc2-c2cccc(N(c3cccc(N(c4cccc(C5(c6ccccc6)c6ccccc6-c6ccccc65)c4)c4cc5ccccc5c5oc6ccccc6c45)c3)c3ccccc3-c3ccccc3)c21. The van der Waals surface area contributed by atoms with E-state index in [9.17, 15) is 0 Å². The summed E-state index contributed by atoms with van der Waals surface area (Å²) in [7, 11) is 0. The number of hydrogen-bond acceptors (Lipinski definition) is 3. The topological polar surface area (TPSA) is 19.6 Å². The Morgan fingerprint density at radius 3 is 1.58 bits per heavy atom. The molecular formula is C74H52N2O. The molecule has 2 aliphatic rings. The number of hydrogen-bond donors (Lipinski definition) is 0. The molecule has 364 valence electrons. The van der Waals surface area contributed by atoms with Crippen molar-refractivity contribution >= 4 is 66.8 Å².